The van der Waals surface area contributed by atoms with Crippen molar-refractivity contribution >= 4 is 0 Å². The lowest BCUT2D eigenvalue weighted by Gasteiger charge is -2.28. The molecule has 0 bridgehead atoms. The fourth-order valence-corrected chi connectivity index (χ4v) is 2.77. The molecule has 0 radical (unpaired) electrons. The van der Waals surface area contributed by atoms with Gasteiger partial charge in [0.25, 0.3) is 5.89 Å². The van der Waals surface area contributed by atoms with Crippen LogP contribution in [0.1, 0.15) is 25.2 Å². The predicted octanol–water partition coefficient (Wildman–Crippen LogP) is 3.51. The Bertz CT molecular complexity index is 779. The third kappa shape index (κ3) is 5.24. The van der Waals surface area contributed by atoms with E-state index in [2.05, 4.69) is 27.2 Å². The maximum Gasteiger partial charge on any atom is 0.257 e. The molecule has 5 heteroatoms. The van der Waals surface area contributed by atoms with Gasteiger partial charge in [0, 0.05) is 18.7 Å². The monoisotopic (exact) mass is 337 g/mol. The van der Waals surface area contributed by atoms with Gasteiger partial charge in [0.1, 0.15) is 0 Å². The van der Waals surface area contributed by atoms with E-state index in [1.165, 1.54) is 5.56 Å². The van der Waals surface area contributed by atoms with E-state index in [1.807, 2.05) is 48.5 Å². The zero-order valence-corrected chi connectivity index (χ0v) is 14.6. The van der Waals surface area contributed by atoms with Gasteiger partial charge in [-0.3, -0.25) is 4.90 Å². The molecule has 1 heterocycles. The van der Waals surface area contributed by atoms with Crippen LogP contribution in [0.3, 0.4) is 0 Å². The minimum absolute atomic E-state index is 0.509. The lowest BCUT2D eigenvalue weighted by atomic mass is 10.1. The molecule has 3 aromatic rings. The van der Waals surface area contributed by atoms with Crippen molar-refractivity contribution in [3.8, 4) is 11.5 Å². The first kappa shape index (κ1) is 17.3. The molecular weight excluding hydrogens is 314 g/mol. The lowest BCUT2D eigenvalue weighted by Crippen LogP contribution is -2.38. The maximum absolute atomic E-state index is 10.2. The smallest absolute Gasteiger partial charge is 0.257 e. The number of hydrogen-bond donors (Lipinski definition) is 1. The number of rotatable bonds is 7. The number of nitrogens with zero attached hydrogens (tertiary/aromatic N) is 3. The van der Waals surface area contributed by atoms with Crippen LogP contribution in [-0.4, -0.2) is 32.3 Å². The fourth-order valence-electron chi connectivity index (χ4n) is 2.77. The number of benzene rings is 2. The highest BCUT2D eigenvalue weighted by Crippen LogP contribution is 2.18. The molecular formula is C20H23N3O2. The molecule has 0 aliphatic rings. The van der Waals surface area contributed by atoms with Crippen LogP contribution in [0.4, 0.5) is 0 Å². The minimum atomic E-state index is -0.805. The van der Waals surface area contributed by atoms with E-state index in [-0.39, 0.29) is 0 Å². The largest absolute Gasteiger partial charge is 0.389 e. The molecule has 0 saturated heterocycles. The van der Waals surface area contributed by atoms with E-state index in [9.17, 15) is 5.11 Å². The quantitative estimate of drug-likeness (QED) is 0.715. The van der Waals surface area contributed by atoms with Crippen molar-refractivity contribution in [2.75, 3.05) is 6.54 Å². The first-order valence-electron chi connectivity index (χ1n) is 8.36. The molecule has 0 fully saturated rings. The average Bonchev–Trinajstić information content (AvgIpc) is 3.03. The van der Waals surface area contributed by atoms with Crippen LogP contribution >= 0.6 is 0 Å². The zero-order chi connectivity index (χ0) is 17.7. The lowest BCUT2D eigenvalue weighted by molar-refractivity contribution is 0.0296. The molecule has 0 spiro atoms. The van der Waals surface area contributed by atoms with E-state index in [0.717, 1.165) is 5.56 Å². The van der Waals surface area contributed by atoms with Gasteiger partial charge in [-0.1, -0.05) is 53.7 Å². The Morgan fingerprint density at radius 1 is 0.960 bits per heavy atom. The summed E-state index contributed by atoms with van der Waals surface area (Å²) < 4.78 is 5.38. The van der Waals surface area contributed by atoms with Gasteiger partial charge in [-0.25, -0.2) is 0 Å². The molecule has 2 aromatic carbocycles. The molecule has 0 atom stereocenters. The fraction of sp³-hybridized carbons (Fsp3) is 0.300. The second-order valence-corrected chi connectivity index (χ2v) is 6.82. The molecule has 3 rings (SSSR count). The van der Waals surface area contributed by atoms with E-state index >= 15 is 0 Å². The van der Waals surface area contributed by atoms with Crippen molar-refractivity contribution < 1.29 is 9.63 Å². The highest BCUT2D eigenvalue weighted by molar-refractivity contribution is 5.51. The Morgan fingerprint density at radius 2 is 1.60 bits per heavy atom. The molecule has 0 unspecified atom stereocenters. The van der Waals surface area contributed by atoms with E-state index < -0.39 is 5.60 Å². The minimum Gasteiger partial charge on any atom is -0.389 e. The van der Waals surface area contributed by atoms with Crippen LogP contribution in [-0.2, 0) is 13.1 Å². The summed E-state index contributed by atoms with van der Waals surface area (Å²) in [5.41, 5.74) is 1.28. The predicted molar refractivity (Wildman–Crippen MR) is 96.6 cm³/mol. The maximum atomic E-state index is 10.2. The SMILES string of the molecule is CC(C)(O)CN(Cc1ccccc1)Cc1noc(-c2ccccc2)n1. The molecule has 0 aliphatic carbocycles. The topological polar surface area (TPSA) is 62.4 Å². The van der Waals surface area contributed by atoms with Gasteiger partial charge in [-0.2, -0.15) is 4.98 Å². The molecule has 130 valence electrons. The summed E-state index contributed by atoms with van der Waals surface area (Å²) in [6, 6.07) is 19.9. The summed E-state index contributed by atoms with van der Waals surface area (Å²) in [7, 11) is 0. The van der Waals surface area contributed by atoms with Crippen LogP contribution in [0.15, 0.2) is 65.2 Å². The van der Waals surface area contributed by atoms with E-state index in [0.29, 0.717) is 31.3 Å². The van der Waals surface area contributed by atoms with Crippen molar-refractivity contribution in [2.45, 2.75) is 32.5 Å². The third-order valence-electron chi connectivity index (χ3n) is 3.71. The third-order valence-corrected chi connectivity index (χ3v) is 3.71. The Labute approximate surface area is 147 Å². The highest BCUT2D eigenvalue weighted by atomic mass is 16.5. The molecule has 25 heavy (non-hydrogen) atoms. The van der Waals surface area contributed by atoms with Gasteiger partial charge in [0.2, 0.25) is 0 Å². The van der Waals surface area contributed by atoms with Gasteiger partial charge in [0.15, 0.2) is 5.82 Å². The number of aromatic nitrogens is 2. The van der Waals surface area contributed by atoms with Crippen molar-refractivity contribution in [1.82, 2.24) is 15.0 Å². The molecule has 5 nitrogen and oxygen atoms in total. The van der Waals surface area contributed by atoms with E-state index in [4.69, 9.17) is 4.52 Å². The Kier molecular flexibility index (Phi) is 5.26. The molecule has 0 aliphatic heterocycles. The first-order chi connectivity index (χ1) is 12.0. The van der Waals surface area contributed by atoms with Gasteiger partial charge >= 0.3 is 0 Å². The first-order valence-corrected chi connectivity index (χ1v) is 8.36. The van der Waals surface area contributed by atoms with Crippen LogP contribution in [0, 0.1) is 0 Å². The Hall–Kier alpha value is -2.50. The second kappa shape index (κ2) is 7.59. The standard InChI is InChI=1S/C20H23N3O2/c1-20(2,24)15-23(13-16-9-5-3-6-10-16)14-18-21-19(25-22-18)17-11-7-4-8-12-17/h3-12,24H,13-15H2,1-2H3. The number of aliphatic hydroxyl groups is 1. The van der Waals surface area contributed by atoms with Crippen molar-refractivity contribution in [3.63, 3.8) is 0 Å². The summed E-state index contributed by atoms with van der Waals surface area (Å²) in [5, 5.41) is 14.3. The summed E-state index contributed by atoms with van der Waals surface area (Å²) >= 11 is 0. The molecule has 0 saturated carbocycles. The van der Waals surface area contributed by atoms with E-state index in [1.54, 1.807) is 13.8 Å². The van der Waals surface area contributed by atoms with Crippen LogP contribution < -0.4 is 0 Å². The van der Waals surface area contributed by atoms with Crippen LogP contribution in [0.2, 0.25) is 0 Å². The van der Waals surface area contributed by atoms with Gasteiger partial charge in [-0.15, -0.1) is 0 Å². The average molecular weight is 337 g/mol. The van der Waals surface area contributed by atoms with Gasteiger partial charge in [-0.05, 0) is 31.5 Å². The second-order valence-electron chi connectivity index (χ2n) is 6.82. The summed E-state index contributed by atoms with van der Waals surface area (Å²) in [6.07, 6.45) is 0. The highest BCUT2D eigenvalue weighted by Gasteiger charge is 2.21. The summed E-state index contributed by atoms with van der Waals surface area (Å²) in [6.45, 7) is 5.33. The van der Waals surface area contributed by atoms with Crippen molar-refractivity contribution in [2.24, 2.45) is 0 Å². The summed E-state index contributed by atoms with van der Waals surface area (Å²) in [5.74, 6) is 1.12. The summed E-state index contributed by atoms with van der Waals surface area (Å²) in [4.78, 5) is 6.61. The van der Waals surface area contributed by atoms with Crippen molar-refractivity contribution in [1.29, 1.82) is 0 Å². The Morgan fingerprint density at radius 3 is 2.24 bits per heavy atom. The van der Waals surface area contributed by atoms with Gasteiger partial charge < -0.3 is 9.63 Å². The number of hydrogen-bond acceptors (Lipinski definition) is 5. The molecule has 1 aromatic heterocycles. The molecule has 0 amide bonds. The normalized spacial score (nSPS) is 11.8. The van der Waals surface area contributed by atoms with Gasteiger partial charge in [0.05, 0.1) is 12.1 Å². The van der Waals surface area contributed by atoms with Crippen LogP contribution in [0.5, 0.6) is 0 Å². The zero-order valence-electron chi connectivity index (χ0n) is 14.6. The molecule has 1 N–H and O–H groups in total. The van der Waals surface area contributed by atoms with Crippen molar-refractivity contribution in [3.05, 3.63) is 72.1 Å². The Balaban J connectivity index is 1.74. The van der Waals surface area contributed by atoms with Crippen LogP contribution in [0.25, 0.3) is 11.5 Å².